The number of rotatable bonds is 28. The zero-order valence-corrected chi connectivity index (χ0v) is 26.6. The highest BCUT2D eigenvalue weighted by Gasteiger charge is 2.54. The third kappa shape index (κ3) is 14.2. The molecule has 0 aliphatic carbocycles. The fourth-order valence-electron chi connectivity index (χ4n) is 5.16. The van der Waals surface area contributed by atoms with Crippen LogP contribution in [0.5, 0.6) is 0 Å². The highest BCUT2D eigenvalue weighted by atomic mass is 16.8. The second-order valence-electron chi connectivity index (χ2n) is 10.2. The van der Waals surface area contributed by atoms with Gasteiger partial charge in [-0.1, -0.05) is 0 Å². The first-order chi connectivity index (χ1) is 23.0. The van der Waals surface area contributed by atoms with Gasteiger partial charge in [0.05, 0.1) is 119 Å². The minimum atomic E-state index is -1.33. The lowest BCUT2D eigenvalue weighted by Gasteiger charge is -2.50. The van der Waals surface area contributed by atoms with Gasteiger partial charge in [-0.05, 0) is 0 Å². The van der Waals surface area contributed by atoms with Gasteiger partial charge in [0.2, 0.25) is 0 Å². The minimum absolute atomic E-state index is 0.0262. The van der Waals surface area contributed by atoms with E-state index in [1.807, 2.05) is 0 Å². The minimum Gasteiger partial charge on any atom is -0.394 e. The summed E-state index contributed by atoms with van der Waals surface area (Å²) in [6.45, 7) is -3.94. The van der Waals surface area contributed by atoms with Crippen molar-refractivity contribution in [1.29, 1.82) is 0 Å². The molecule has 19 heteroatoms. The summed E-state index contributed by atoms with van der Waals surface area (Å²) in [4.78, 5) is 0. The van der Waals surface area contributed by atoms with Gasteiger partial charge in [0, 0.05) is 0 Å². The predicted octanol–water partition coefficient (Wildman–Crippen LogP) is -5.26. The molecule has 0 aromatic rings. The zero-order chi connectivity index (χ0) is 34.3. The van der Waals surface area contributed by atoms with Gasteiger partial charge < -0.3 is 93.0 Å². The molecule has 0 unspecified atom stereocenters. The molecule has 0 radical (unpaired) electrons. The van der Waals surface area contributed by atoms with Crippen LogP contribution in [-0.2, 0) is 52.1 Å². The Morgan fingerprint density at radius 3 is 1.15 bits per heavy atom. The summed E-state index contributed by atoms with van der Waals surface area (Å²) >= 11 is 0. The van der Waals surface area contributed by atoms with E-state index < -0.39 is 61.4 Å². The SMILES string of the molecule is OCCOC[C@H]1O[C@@H](O[C@H]2[C@H](OCCO)[C@@H](OCCO)[C@H](OCCO)O[C@@H]2COCCO)[C@H](OCCO)[C@@H](OCCO)[C@@H]1OCCO. The van der Waals surface area contributed by atoms with Crippen molar-refractivity contribution in [3.63, 3.8) is 0 Å². The van der Waals surface area contributed by atoms with E-state index in [9.17, 15) is 40.9 Å². The highest BCUT2D eigenvalue weighted by Crippen LogP contribution is 2.35. The van der Waals surface area contributed by atoms with Gasteiger partial charge in [-0.25, -0.2) is 0 Å². The van der Waals surface area contributed by atoms with Crippen molar-refractivity contribution < 1.29 is 93.0 Å². The third-order valence-corrected chi connectivity index (χ3v) is 6.89. The highest BCUT2D eigenvalue weighted by molar-refractivity contribution is 4.97. The van der Waals surface area contributed by atoms with Crippen LogP contribution in [0.15, 0.2) is 0 Å². The van der Waals surface area contributed by atoms with Crippen LogP contribution in [0.25, 0.3) is 0 Å². The Morgan fingerprint density at radius 2 is 0.681 bits per heavy atom. The first-order valence-electron chi connectivity index (χ1n) is 15.7. The molecule has 47 heavy (non-hydrogen) atoms. The van der Waals surface area contributed by atoms with Gasteiger partial charge in [-0.3, -0.25) is 0 Å². The van der Waals surface area contributed by atoms with E-state index in [-0.39, 0.29) is 119 Å². The van der Waals surface area contributed by atoms with Crippen LogP contribution in [0.4, 0.5) is 0 Å². The largest absolute Gasteiger partial charge is 0.394 e. The molecule has 280 valence electrons. The van der Waals surface area contributed by atoms with Crippen molar-refractivity contribution in [3.05, 3.63) is 0 Å². The second-order valence-corrected chi connectivity index (χ2v) is 10.2. The van der Waals surface area contributed by atoms with E-state index in [2.05, 4.69) is 0 Å². The van der Waals surface area contributed by atoms with E-state index in [1.54, 1.807) is 0 Å². The van der Waals surface area contributed by atoms with Crippen LogP contribution in [-0.4, -0.2) is 221 Å². The van der Waals surface area contributed by atoms with Crippen LogP contribution in [0.1, 0.15) is 0 Å². The van der Waals surface area contributed by atoms with Crippen LogP contribution >= 0.6 is 0 Å². The van der Waals surface area contributed by atoms with Crippen LogP contribution in [0.3, 0.4) is 0 Å². The monoisotopic (exact) mass is 694 g/mol. The molecule has 0 aromatic heterocycles. The molecule has 0 saturated carbocycles. The molecule has 2 fully saturated rings. The van der Waals surface area contributed by atoms with Crippen molar-refractivity contribution in [2.24, 2.45) is 0 Å². The van der Waals surface area contributed by atoms with Gasteiger partial charge >= 0.3 is 0 Å². The zero-order valence-electron chi connectivity index (χ0n) is 26.6. The molecule has 2 saturated heterocycles. The Labute approximate surface area is 273 Å². The summed E-state index contributed by atoms with van der Waals surface area (Å²) in [6.07, 6.45) is -10.7. The molecule has 2 aliphatic rings. The lowest BCUT2D eigenvalue weighted by molar-refractivity contribution is -0.375. The summed E-state index contributed by atoms with van der Waals surface area (Å²) < 4.78 is 65.6. The van der Waals surface area contributed by atoms with E-state index in [0.717, 1.165) is 0 Å². The number of hydrogen-bond donors (Lipinski definition) is 8. The maximum Gasteiger partial charge on any atom is 0.187 e. The summed E-state index contributed by atoms with van der Waals surface area (Å²) in [5, 5.41) is 75.9. The molecule has 0 bridgehead atoms. The Hall–Kier alpha value is -0.760. The van der Waals surface area contributed by atoms with Crippen molar-refractivity contribution in [2.45, 2.75) is 61.4 Å². The Morgan fingerprint density at radius 1 is 0.340 bits per heavy atom. The summed E-state index contributed by atoms with van der Waals surface area (Å²) in [7, 11) is 0. The second kappa shape index (κ2) is 26.1. The first kappa shape index (κ1) is 42.4. The normalized spacial score (nSPS) is 31.4. The lowest BCUT2D eigenvalue weighted by atomic mass is 9.96. The number of hydrogen-bond acceptors (Lipinski definition) is 19. The number of aliphatic hydroxyl groups excluding tert-OH is 8. The van der Waals surface area contributed by atoms with Crippen LogP contribution in [0, 0.1) is 0 Å². The van der Waals surface area contributed by atoms with Gasteiger partial charge in [0.1, 0.15) is 48.8 Å². The quantitative estimate of drug-likeness (QED) is 0.0356. The summed E-state index contributed by atoms with van der Waals surface area (Å²) in [6, 6.07) is 0. The topological polar surface area (TPSA) is 263 Å². The predicted molar refractivity (Wildman–Crippen MR) is 155 cm³/mol. The van der Waals surface area contributed by atoms with E-state index >= 15 is 0 Å². The van der Waals surface area contributed by atoms with Gasteiger partial charge in [-0.2, -0.15) is 0 Å². The smallest absolute Gasteiger partial charge is 0.187 e. The maximum absolute atomic E-state index is 9.64. The fraction of sp³-hybridized carbons (Fsp3) is 1.00. The Bertz CT molecular complexity index is 740. The molecule has 8 N–H and O–H groups in total. The van der Waals surface area contributed by atoms with Gasteiger partial charge in [0.25, 0.3) is 0 Å². The van der Waals surface area contributed by atoms with Crippen LogP contribution in [0.2, 0.25) is 0 Å². The summed E-state index contributed by atoms with van der Waals surface area (Å²) in [5.41, 5.74) is 0. The maximum atomic E-state index is 9.64. The van der Waals surface area contributed by atoms with Crippen LogP contribution < -0.4 is 0 Å². The molecule has 0 spiro atoms. The molecular weight excluding hydrogens is 640 g/mol. The molecule has 10 atom stereocenters. The third-order valence-electron chi connectivity index (χ3n) is 6.89. The van der Waals surface area contributed by atoms with Gasteiger partial charge in [0.15, 0.2) is 12.6 Å². The van der Waals surface area contributed by atoms with E-state index in [0.29, 0.717) is 0 Å². The Balaban J connectivity index is 2.57. The van der Waals surface area contributed by atoms with Gasteiger partial charge in [-0.15, -0.1) is 0 Å². The van der Waals surface area contributed by atoms with E-state index in [4.69, 9.17) is 52.1 Å². The van der Waals surface area contributed by atoms with Crippen molar-refractivity contribution in [3.8, 4) is 0 Å². The molecule has 19 nitrogen and oxygen atoms in total. The standard InChI is InChI=1S/C28H54O19/c29-1-9-37-17-19-21(39-11-3-31)23(40-12-4-32)26(43-15-7-35)28(46-19)47-22-20(18-38-10-2-30)45-27(44-16-8-36)25(42-14-6-34)24(22)41-13-5-33/h19-36H,1-18H2/t19-,20-,21-,22-,23+,24+,25-,26-,27-,28+/m1/s1. The molecule has 2 aliphatic heterocycles. The molecule has 0 amide bonds. The average molecular weight is 695 g/mol. The lowest BCUT2D eigenvalue weighted by Crippen LogP contribution is -2.67. The average Bonchev–Trinajstić information content (AvgIpc) is 3.08. The molecule has 2 rings (SSSR count). The van der Waals surface area contributed by atoms with Crippen molar-refractivity contribution >= 4 is 0 Å². The first-order valence-corrected chi connectivity index (χ1v) is 15.7. The van der Waals surface area contributed by atoms with E-state index in [1.165, 1.54) is 0 Å². The molecular formula is C28H54O19. The molecule has 0 aromatic carbocycles. The number of aliphatic hydroxyl groups is 8. The van der Waals surface area contributed by atoms with Crippen molar-refractivity contribution in [2.75, 3.05) is 119 Å². The Kier molecular flexibility index (Phi) is 23.6. The summed E-state index contributed by atoms with van der Waals surface area (Å²) in [5.74, 6) is 0. The number of ether oxygens (including phenoxy) is 11. The molecule has 2 heterocycles. The fourth-order valence-corrected chi connectivity index (χ4v) is 5.16. The van der Waals surface area contributed by atoms with Crippen molar-refractivity contribution in [1.82, 2.24) is 0 Å².